The van der Waals surface area contributed by atoms with Crippen molar-refractivity contribution in [2.24, 2.45) is 0 Å². The predicted octanol–water partition coefficient (Wildman–Crippen LogP) is 1.46. The lowest BCUT2D eigenvalue weighted by atomic mass is 10.1. The minimum Gasteiger partial charge on any atom is -0.462 e. The summed E-state index contributed by atoms with van der Waals surface area (Å²) in [6.45, 7) is 5.39. The second-order valence-corrected chi connectivity index (χ2v) is 7.21. The summed E-state index contributed by atoms with van der Waals surface area (Å²) in [6.07, 6.45) is 2.17. The van der Waals surface area contributed by atoms with Gasteiger partial charge < -0.3 is 19.0 Å². The number of hydrogen-bond donors (Lipinski definition) is 2. The smallest absolute Gasteiger partial charge is 0.462 e. The monoisotopic (exact) mass is 324 g/mol. The minimum atomic E-state index is -4.45. The maximum Gasteiger partial charge on any atom is 0.469 e. The Hall–Kier alpha value is -0.720. The molecular formula is C13H27NO6P+. The van der Waals surface area contributed by atoms with E-state index in [1.807, 2.05) is 21.1 Å². The molecule has 0 rings (SSSR count). The number of quaternary nitrogens is 1. The van der Waals surface area contributed by atoms with Gasteiger partial charge in [0.2, 0.25) is 0 Å². The Bertz CT molecular complexity index is 398. The quantitative estimate of drug-likeness (QED) is 0.208. The standard InChI is InChI=1S/C13H26NO6P/c1-11(2)13(15)19-9-7-6-8-12(14(3,4)5)10-20-21(16,17)18/h12H,1,6-10H2,2-5H3,(H-,16,17,18)/p+1. The van der Waals surface area contributed by atoms with Crippen molar-refractivity contribution in [3.8, 4) is 0 Å². The third-order valence-electron chi connectivity index (χ3n) is 3.04. The second-order valence-electron chi connectivity index (χ2n) is 5.97. The zero-order chi connectivity index (χ0) is 16.7. The summed E-state index contributed by atoms with van der Waals surface area (Å²) in [5.74, 6) is -0.400. The van der Waals surface area contributed by atoms with Crippen LogP contribution in [0.4, 0.5) is 0 Å². The number of nitrogens with zero attached hydrogens (tertiary/aromatic N) is 1. The normalized spacial score (nSPS) is 13.8. The first-order valence-electron chi connectivity index (χ1n) is 6.77. The summed E-state index contributed by atoms with van der Waals surface area (Å²) in [4.78, 5) is 28.7. The summed E-state index contributed by atoms with van der Waals surface area (Å²) in [7, 11) is 1.37. The van der Waals surface area contributed by atoms with Crippen molar-refractivity contribution >= 4 is 13.8 Å². The molecule has 0 saturated heterocycles. The Morgan fingerprint density at radius 2 is 1.86 bits per heavy atom. The Balaban J connectivity index is 4.12. The second kappa shape index (κ2) is 8.66. The molecule has 0 fully saturated rings. The summed E-state index contributed by atoms with van der Waals surface area (Å²) in [5, 5.41) is 0. The van der Waals surface area contributed by atoms with Crippen LogP contribution in [0.2, 0.25) is 0 Å². The van der Waals surface area contributed by atoms with Crippen molar-refractivity contribution in [3.05, 3.63) is 12.2 Å². The van der Waals surface area contributed by atoms with Gasteiger partial charge in [0, 0.05) is 12.0 Å². The number of carbonyl (C=O) groups excluding carboxylic acids is 1. The maximum atomic E-state index is 11.2. The fourth-order valence-electron chi connectivity index (χ4n) is 1.65. The zero-order valence-corrected chi connectivity index (χ0v) is 14.1. The highest BCUT2D eigenvalue weighted by atomic mass is 31.2. The summed E-state index contributed by atoms with van der Waals surface area (Å²) in [5.41, 5.74) is 0.370. The van der Waals surface area contributed by atoms with Crippen LogP contribution in [0, 0.1) is 0 Å². The number of phosphoric acid groups is 1. The number of likely N-dealkylation sites (N-methyl/N-ethyl adjacent to an activating group) is 1. The number of phosphoric ester groups is 1. The van der Waals surface area contributed by atoms with Crippen LogP contribution < -0.4 is 0 Å². The zero-order valence-electron chi connectivity index (χ0n) is 13.2. The van der Waals surface area contributed by atoms with Crippen LogP contribution in [-0.4, -0.2) is 60.6 Å². The summed E-state index contributed by atoms with van der Waals surface area (Å²) < 4.78 is 20.9. The topological polar surface area (TPSA) is 93.1 Å². The molecule has 1 unspecified atom stereocenters. The molecule has 0 aromatic heterocycles. The number of ether oxygens (including phenoxy) is 1. The molecule has 0 saturated carbocycles. The third kappa shape index (κ3) is 10.6. The molecule has 0 spiro atoms. The molecule has 0 aliphatic heterocycles. The van der Waals surface area contributed by atoms with E-state index in [4.69, 9.17) is 14.5 Å². The van der Waals surface area contributed by atoms with E-state index in [0.717, 1.165) is 6.42 Å². The highest BCUT2D eigenvalue weighted by molar-refractivity contribution is 7.46. The first kappa shape index (κ1) is 20.3. The van der Waals surface area contributed by atoms with Gasteiger partial charge in [-0.25, -0.2) is 9.36 Å². The molecule has 0 aromatic rings. The van der Waals surface area contributed by atoms with E-state index in [1.54, 1.807) is 6.92 Å². The lowest BCUT2D eigenvalue weighted by Crippen LogP contribution is -2.47. The van der Waals surface area contributed by atoms with Crippen LogP contribution >= 0.6 is 7.82 Å². The molecule has 2 N–H and O–H groups in total. The average Bonchev–Trinajstić information content (AvgIpc) is 2.28. The van der Waals surface area contributed by atoms with Crippen molar-refractivity contribution < 1.29 is 32.9 Å². The molecule has 0 aliphatic carbocycles. The number of rotatable bonds is 10. The van der Waals surface area contributed by atoms with Crippen molar-refractivity contribution in [2.45, 2.75) is 32.2 Å². The Morgan fingerprint density at radius 3 is 2.29 bits per heavy atom. The van der Waals surface area contributed by atoms with Gasteiger partial charge in [0.15, 0.2) is 0 Å². The molecule has 0 aliphatic rings. The third-order valence-corrected chi connectivity index (χ3v) is 3.53. The number of hydrogen-bond acceptors (Lipinski definition) is 4. The van der Waals surface area contributed by atoms with Crippen molar-refractivity contribution in [1.82, 2.24) is 0 Å². The molecule has 1 atom stereocenters. The Labute approximate surface area is 126 Å². The highest BCUT2D eigenvalue weighted by Gasteiger charge is 2.27. The van der Waals surface area contributed by atoms with Gasteiger partial charge in [-0.05, 0) is 19.8 Å². The van der Waals surface area contributed by atoms with Crippen LogP contribution in [0.25, 0.3) is 0 Å². The summed E-state index contributed by atoms with van der Waals surface area (Å²) >= 11 is 0. The average molecular weight is 324 g/mol. The van der Waals surface area contributed by atoms with E-state index in [1.165, 1.54) is 0 Å². The Kier molecular flexibility index (Phi) is 8.36. The number of carbonyl (C=O) groups is 1. The van der Waals surface area contributed by atoms with Gasteiger partial charge in [-0.2, -0.15) is 0 Å². The highest BCUT2D eigenvalue weighted by Crippen LogP contribution is 2.36. The van der Waals surface area contributed by atoms with Crippen LogP contribution in [0.5, 0.6) is 0 Å². The molecule has 21 heavy (non-hydrogen) atoms. The van der Waals surface area contributed by atoms with Crippen molar-refractivity contribution in [1.29, 1.82) is 0 Å². The molecule has 8 heteroatoms. The van der Waals surface area contributed by atoms with E-state index in [0.29, 0.717) is 29.5 Å². The van der Waals surface area contributed by atoms with Crippen molar-refractivity contribution in [3.63, 3.8) is 0 Å². The maximum absolute atomic E-state index is 11.2. The molecule has 0 heterocycles. The van der Waals surface area contributed by atoms with E-state index in [-0.39, 0.29) is 12.6 Å². The lowest BCUT2D eigenvalue weighted by Gasteiger charge is -2.34. The molecule has 0 bridgehead atoms. The van der Waals surface area contributed by atoms with E-state index in [9.17, 15) is 9.36 Å². The SMILES string of the molecule is C=C(C)C(=O)OCCCCC(COP(=O)(O)O)[N+](C)(C)C. The lowest BCUT2D eigenvalue weighted by molar-refractivity contribution is -0.896. The van der Waals surface area contributed by atoms with E-state index < -0.39 is 13.8 Å². The molecule has 0 amide bonds. The van der Waals surface area contributed by atoms with Gasteiger partial charge in [0.25, 0.3) is 0 Å². The first-order chi connectivity index (χ1) is 9.43. The molecule has 0 radical (unpaired) electrons. The van der Waals surface area contributed by atoms with Gasteiger partial charge >= 0.3 is 13.8 Å². The van der Waals surface area contributed by atoms with Crippen LogP contribution in [0.15, 0.2) is 12.2 Å². The Morgan fingerprint density at radius 1 is 1.29 bits per heavy atom. The van der Waals surface area contributed by atoms with Gasteiger partial charge in [-0.15, -0.1) is 0 Å². The number of unbranched alkanes of at least 4 members (excludes halogenated alkanes) is 1. The van der Waals surface area contributed by atoms with Gasteiger partial charge in [-0.3, -0.25) is 4.52 Å². The minimum absolute atomic E-state index is 0.0146. The fourth-order valence-corrected chi connectivity index (χ4v) is 2.01. The van der Waals surface area contributed by atoms with Crippen LogP contribution in [0.1, 0.15) is 26.2 Å². The first-order valence-corrected chi connectivity index (χ1v) is 8.30. The van der Waals surface area contributed by atoms with Crippen molar-refractivity contribution in [2.75, 3.05) is 34.4 Å². The van der Waals surface area contributed by atoms with Gasteiger partial charge in [0.05, 0.1) is 27.7 Å². The molecule has 7 nitrogen and oxygen atoms in total. The van der Waals surface area contributed by atoms with E-state index in [2.05, 4.69) is 11.1 Å². The molecule has 0 aromatic carbocycles. The van der Waals surface area contributed by atoms with Gasteiger partial charge in [-0.1, -0.05) is 6.58 Å². The molecular weight excluding hydrogens is 297 g/mol. The van der Waals surface area contributed by atoms with E-state index >= 15 is 0 Å². The molecule has 124 valence electrons. The van der Waals surface area contributed by atoms with Crippen LogP contribution in [-0.2, 0) is 18.6 Å². The van der Waals surface area contributed by atoms with Crippen LogP contribution in [0.3, 0.4) is 0 Å². The predicted molar refractivity (Wildman–Crippen MR) is 79.4 cm³/mol. The fraction of sp³-hybridized carbons (Fsp3) is 0.769. The number of esters is 1. The van der Waals surface area contributed by atoms with Gasteiger partial charge in [0.1, 0.15) is 12.6 Å². The summed E-state index contributed by atoms with van der Waals surface area (Å²) in [6, 6.07) is -0.0468. The largest absolute Gasteiger partial charge is 0.469 e.